The Labute approximate surface area is 102 Å². The number of oxazole rings is 1. The number of rotatable bonds is 1. The highest BCUT2D eigenvalue weighted by Gasteiger charge is 2.11. The van der Waals surface area contributed by atoms with Crippen molar-refractivity contribution in [3.63, 3.8) is 0 Å². The average molecular weight is 241 g/mol. The first kappa shape index (κ1) is 10.6. The number of nitrogen functional groups attached to an aromatic ring is 1. The predicted octanol–water partition coefficient (Wildman–Crippen LogP) is 1.87. The summed E-state index contributed by atoms with van der Waals surface area (Å²) in [5, 5.41) is 0. The summed E-state index contributed by atoms with van der Waals surface area (Å²) in [5.41, 5.74) is 8.62. The van der Waals surface area contributed by atoms with Gasteiger partial charge in [-0.3, -0.25) is 0 Å². The van der Waals surface area contributed by atoms with Crippen molar-refractivity contribution in [2.75, 3.05) is 5.73 Å². The quantitative estimate of drug-likeness (QED) is 0.705. The number of pyridine rings is 1. The largest absolute Gasteiger partial charge is 0.424 e. The summed E-state index contributed by atoms with van der Waals surface area (Å²) in [6.07, 6.45) is 1.56. The van der Waals surface area contributed by atoms with Gasteiger partial charge in [-0.25, -0.2) is 14.3 Å². The molecule has 2 aromatic heterocycles. The number of aryl methyl sites for hydroxylation is 1. The Bertz CT molecular complexity index is 786. The van der Waals surface area contributed by atoms with Crippen LogP contribution in [0.2, 0.25) is 0 Å². The van der Waals surface area contributed by atoms with Crippen LogP contribution in [0.15, 0.2) is 45.7 Å². The van der Waals surface area contributed by atoms with Gasteiger partial charge in [0.1, 0.15) is 5.82 Å². The van der Waals surface area contributed by atoms with E-state index in [0.717, 1.165) is 11.1 Å². The van der Waals surface area contributed by atoms with E-state index in [1.165, 1.54) is 4.57 Å². The number of benzene rings is 1. The molecular weight excluding hydrogens is 230 g/mol. The zero-order valence-corrected chi connectivity index (χ0v) is 9.75. The number of hydrogen-bond acceptors (Lipinski definition) is 4. The van der Waals surface area contributed by atoms with Crippen LogP contribution >= 0.6 is 0 Å². The number of hydrogen-bond donors (Lipinski definition) is 1. The first-order valence-corrected chi connectivity index (χ1v) is 5.49. The van der Waals surface area contributed by atoms with Crippen LogP contribution in [0.1, 0.15) is 5.56 Å². The lowest BCUT2D eigenvalue weighted by atomic mass is 10.2. The van der Waals surface area contributed by atoms with E-state index < -0.39 is 5.76 Å². The fraction of sp³-hybridized carbons (Fsp3) is 0.0769. The number of nitrogens with two attached hydrogens (primary N) is 1. The van der Waals surface area contributed by atoms with Gasteiger partial charge in [0.2, 0.25) is 0 Å². The topological polar surface area (TPSA) is 74.0 Å². The van der Waals surface area contributed by atoms with Gasteiger partial charge in [0, 0.05) is 12.3 Å². The minimum atomic E-state index is -0.429. The van der Waals surface area contributed by atoms with Gasteiger partial charge in [0.15, 0.2) is 5.58 Å². The molecule has 0 atom stereocenters. The molecule has 5 heteroatoms. The standard InChI is InChI=1S/C13H11N3O2/c1-8-2-3-11-10(6-8)16(13(17)18-11)9-4-5-15-12(14)7-9/h2-7H,1H3,(H2,14,15). The van der Waals surface area contributed by atoms with Crippen LogP contribution in [0.25, 0.3) is 16.8 Å². The number of anilines is 1. The molecule has 0 radical (unpaired) electrons. The van der Waals surface area contributed by atoms with Crippen LogP contribution in [0, 0.1) is 6.92 Å². The average Bonchev–Trinajstić information content (AvgIpc) is 2.64. The molecule has 0 saturated heterocycles. The van der Waals surface area contributed by atoms with Gasteiger partial charge in [0.05, 0.1) is 11.2 Å². The van der Waals surface area contributed by atoms with E-state index in [0.29, 0.717) is 17.1 Å². The summed E-state index contributed by atoms with van der Waals surface area (Å²) >= 11 is 0. The third-order valence-electron chi connectivity index (χ3n) is 2.76. The molecule has 0 aliphatic rings. The third-order valence-corrected chi connectivity index (χ3v) is 2.76. The van der Waals surface area contributed by atoms with Gasteiger partial charge >= 0.3 is 5.76 Å². The highest BCUT2D eigenvalue weighted by molar-refractivity contribution is 5.76. The van der Waals surface area contributed by atoms with Crippen LogP contribution in [0.3, 0.4) is 0 Å². The summed E-state index contributed by atoms with van der Waals surface area (Å²) in [7, 11) is 0. The summed E-state index contributed by atoms with van der Waals surface area (Å²) in [5.74, 6) is -0.0670. The predicted molar refractivity (Wildman–Crippen MR) is 68.8 cm³/mol. The second kappa shape index (κ2) is 3.73. The van der Waals surface area contributed by atoms with Crippen molar-refractivity contribution in [2.24, 2.45) is 0 Å². The first-order valence-electron chi connectivity index (χ1n) is 5.49. The summed E-state index contributed by atoms with van der Waals surface area (Å²) in [4.78, 5) is 15.8. The lowest BCUT2D eigenvalue weighted by molar-refractivity contribution is 0.540. The molecule has 2 heterocycles. The molecule has 0 bridgehead atoms. The Hall–Kier alpha value is -2.56. The molecule has 1 aromatic carbocycles. The van der Waals surface area contributed by atoms with Crippen molar-refractivity contribution in [1.82, 2.24) is 9.55 Å². The number of fused-ring (bicyclic) bond motifs is 1. The van der Waals surface area contributed by atoms with Crippen molar-refractivity contribution in [1.29, 1.82) is 0 Å². The summed E-state index contributed by atoms with van der Waals surface area (Å²) < 4.78 is 6.68. The van der Waals surface area contributed by atoms with Gasteiger partial charge in [-0.15, -0.1) is 0 Å². The smallest absolute Gasteiger partial charge is 0.407 e. The van der Waals surface area contributed by atoms with E-state index in [2.05, 4.69) is 4.98 Å². The lowest BCUT2D eigenvalue weighted by Gasteiger charge is -2.02. The second-order valence-corrected chi connectivity index (χ2v) is 4.11. The first-order chi connectivity index (χ1) is 8.65. The van der Waals surface area contributed by atoms with Crippen LogP contribution in [-0.4, -0.2) is 9.55 Å². The number of nitrogens with zero attached hydrogens (tertiary/aromatic N) is 2. The van der Waals surface area contributed by atoms with Crippen LogP contribution < -0.4 is 11.5 Å². The van der Waals surface area contributed by atoms with E-state index in [4.69, 9.17) is 10.2 Å². The molecule has 18 heavy (non-hydrogen) atoms. The van der Waals surface area contributed by atoms with Crippen LogP contribution in [-0.2, 0) is 0 Å². The Balaban J connectivity index is 2.38. The molecular formula is C13H11N3O2. The molecule has 5 nitrogen and oxygen atoms in total. The Morgan fingerprint density at radius 1 is 1.28 bits per heavy atom. The van der Waals surface area contributed by atoms with Gasteiger partial charge in [0.25, 0.3) is 0 Å². The number of aromatic nitrogens is 2. The Kier molecular flexibility index (Phi) is 2.19. The van der Waals surface area contributed by atoms with E-state index >= 15 is 0 Å². The zero-order chi connectivity index (χ0) is 12.7. The molecule has 0 unspecified atom stereocenters. The minimum absolute atomic E-state index is 0.362. The molecule has 0 fully saturated rings. The van der Waals surface area contributed by atoms with Gasteiger partial charge < -0.3 is 10.2 Å². The maximum absolute atomic E-state index is 11.9. The van der Waals surface area contributed by atoms with Crippen molar-refractivity contribution < 1.29 is 4.42 Å². The van der Waals surface area contributed by atoms with Gasteiger partial charge in [-0.05, 0) is 30.7 Å². The molecule has 0 amide bonds. The zero-order valence-electron chi connectivity index (χ0n) is 9.75. The van der Waals surface area contributed by atoms with E-state index in [1.54, 1.807) is 24.4 Å². The molecule has 3 aromatic rings. The Morgan fingerprint density at radius 3 is 2.89 bits per heavy atom. The van der Waals surface area contributed by atoms with Crippen molar-refractivity contribution in [2.45, 2.75) is 6.92 Å². The molecule has 0 aliphatic carbocycles. The van der Waals surface area contributed by atoms with Crippen molar-refractivity contribution >= 4 is 16.9 Å². The molecule has 0 spiro atoms. The fourth-order valence-electron chi connectivity index (χ4n) is 1.95. The maximum Gasteiger partial charge on any atom is 0.424 e. The van der Waals surface area contributed by atoms with Crippen LogP contribution in [0.4, 0.5) is 5.82 Å². The Morgan fingerprint density at radius 2 is 2.11 bits per heavy atom. The SMILES string of the molecule is Cc1ccc2oc(=O)n(-c3ccnc(N)c3)c2c1. The van der Waals surface area contributed by atoms with Crippen molar-refractivity contribution in [3.8, 4) is 5.69 Å². The highest BCUT2D eigenvalue weighted by Crippen LogP contribution is 2.19. The van der Waals surface area contributed by atoms with E-state index in [9.17, 15) is 4.79 Å². The monoisotopic (exact) mass is 241 g/mol. The maximum atomic E-state index is 11.9. The second-order valence-electron chi connectivity index (χ2n) is 4.11. The van der Waals surface area contributed by atoms with E-state index in [1.807, 2.05) is 19.1 Å². The lowest BCUT2D eigenvalue weighted by Crippen LogP contribution is -2.12. The summed E-state index contributed by atoms with van der Waals surface area (Å²) in [6.45, 7) is 1.96. The highest BCUT2D eigenvalue weighted by atomic mass is 16.4. The van der Waals surface area contributed by atoms with Crippen molar-refractivity contribution in [3.05, 3.63) is 52.6 Å². The third kappa shape index (κ3) is 1.57. The molecule has 0 saturated carbocycles. The molecule has 0 aliphatic heterocycles. The molecule has 90 valence electrons. The van der Waals surface area contributed by atoms with Crippen LogP contribution in [0.5, 0.6) is 0 Å². The fourth-order valence-corrected chi connectivity index (χ4v) is 1.95. The molecule has 3 rings (SSSR count). The molecule has 2 N–H and O–H groups in total. The normalized spacial score (nSPS) is 10.9. The van der Waals surface area contributed by atoms with Gasteiger partial charge in [-0.1, -0.05) is 6.07 Å². The van der Waals surface area contributed by atoms with Gasteiger partial charge in [-0.2, -0.15) is 0 Å². The van der Waals surface area contributed by atoms with E-state index in [-0.39, 0.29) is 0 Å². The summed E-state index contributed by atoms with van der Waals surface area (Å²) in [6, 6.07) is 8.94. The minimum Gasteiger partial charge on any atom is -0.407 e.